The Hall–Kier alpha value is -3.70. The summed E-state index contributed by atoms with van der Waals surface area (Å²) in [6.07, 6.45) is 1.37. The second kappa shape index (κ2) is 6.97. The van der Waals surface area contributed by atoms with E-state index in [-0.39, 0.29) is 22.4 Å². The van der Waals surface area contributed by atoms with Crippen molar-refractivity contribution >= 4 is 33.5 Å². The number of rotatable bonds is 2. The number of aromatic nitrogens is 2. The summed E-state index contributed by atoms with van der Waals surface area (Å²) in [7, 11) is 0. The minimum Gasteiger partial charge on any atom is -0.463 e. The van der Waals surface area contributed by atoms with Gasteiger partial charge in [0.2, 0.25) is 5.43 Å². The summed E-state index contributed by atoms with van der Waals surface area (Å²) < 4.78 is 7.17. The SMILES string of the molecule is Cc1ccc2c(=O)c(-c3nc4ccc(Cl)cc4c(=O)n3-c3ccccc3)coc2c1. The summed E-state index contributed by atoms with van der Waals surface area (Å²) in [5, 5.41) is 1.24. The third-order valence-electron chi connectivity index (χ3n) is 5.02. The minimum absolute atomic E-state index is 0.212. The number of hydrogen-bond acceptors (Lipinski definition) is 4. The van der Waals surface area contributed by atoms with Gasteiger partial charge < -0.3 is 4.42 Å². The van der Waals surface area contributed by atoms with Gasteiger partial charge in [-0.25, -0.2) is 4.98 Å². The van der Waals surface area contributed by atoms with Gasteiger partial charge >= 0.3 is 0 Å². The average Bonchev–Trinajstić information content (AvgIpc) is 2.75. The molecular weight excluding hydrogens is 400 g/mol. The number of fused-ring (bicyclic) bond motifs is 2. The molecule has 0 fully saturated rings. The van der Waals surface area contributed by atoms with E-state index in [0.717, 1.165) is 5.56 Å². The van der Waals surface area contributed by atoms with Gasteiger partial charge in [0.25, 0.3) is 5.56 Å². The first-order chi connectivity index (χ1) is 14.5. The maximum atomic E-state index is 13.4. The van der Waals surface area contributed by atoms with Crippen molar-refractivity contribution < 1.29 is 4.42 Å². The van der Waals surface area contributed by atoms with E-state index >= 15 is 0 Å². The van der Waals surface area contributed by atoms with Crippen molar-refractivity contribution in [2.24, 2.45) is 0 Å². The average molecular weight is 415 g/mol. The van der Waals surface area contributed by atoms with Gasteiger partial charge in [0.05, 0.1) is 22.0 Å². The van der Waals surface area contributed by atoms with Gasteiger partial charge in [0.15, 0.2) is 5.82 Å². The molecule has 2 heterocycles. The van der Waals surface area contributed by atoms with Gasteiger partial charge in [-0.2, -0.15) is 0 Å². The van der Waals surface area contributed by atoms with Crippen LogP contribution >= 0.6 is 11.6 Å². The third-order valence-corrected chi connectivity index (χ3v) is 5.25. The molecule has 0 aliphatic carbocycles. The Morgan fingerprint density at radius 2 is 1.73 bits per heavy atom. The van der Waals surface area contributed by atoms with Gasteiger partial charge in [0, 0.05) is 5.02 Å². The number of hydrogen-bond donors (Lipinski definition) is 0. The van der Waals surface area contributed by atoms with E-state index in [2.05, 4.69) is 4.98 Å². The normalized spacial score (nSPS) is 11.3. The summed E-state index contributed by atoms with van der Waals surface area (Å²) >= 11 is 6.11. The largest absolute Gasteiger partial charge is 0.463 e. The van der Waals surface area contributed by atoms with Crippen LogP contribution in [0.25, 0.3) is 38.9 Å². The maximum absolute atomic E-state index is 13.4. The zero-order valence-corrected chi connectivity index (χ0v) is 16.7. The highest BCUT2D eigenvalue weighted by Crippen LogP contribution is 2.24. The van der Waals surface area contributed by atoms with Crippen molar-refractivity contribution in [3.63, 3.8) is 0 Å². The van der Waals surface area contributed by atoms with Crippen LogP contribution < -0.4 is 11.0 Å². The van der Waals surface area contributed by atoms with E-state index in [1.807, 2.05) is 31.2 Å². The molecule has 5 rings (SSSR count). The predicted molar refractivity (Wildman–Crippen MR) is 119 cm³/mol. The number of benzene rings is 3. The summed E-state index contributed by atoms with van der Waals surface area (Å²) in [5.41, 5.74) is 2.17. The lowest BCUT2D eigenvalue weighted by Crippen LogP contribution is -2.23. The fourth-order valence-corrected chi connectivity index (χ4v) is 3.72. The van der Waals surface area contributed by atoms with Crippen molar-refractivity contribution in [2.45, 2.75) is 6.92 Å². The molecule has 0 radical (unpaired) electrons. The molecule has 0 bridgehead atoms. The van der Waals surface area contributed by atoms with Crippen LogP contribution in [0.2, 0.25) is 5.02 Å². The van der Waals surface area contributed by atoms with Gasteiger partial charge in [-0.3, -0.25) is 14.2 Å². The summed E-state index contributed by atoms with van der Waals surface area (Å²) in [6.45, 7) is 1.93. The Labute approximate surface area is 175 Å². The quantitative estimate of drug-likeness (QED) is 0.402. The van der Waals surface area contributed by atoms with E-state index < -0.39 is 0 Å². The molecule has 0 amide bonds. The molecule has 6 heteroatoms. The van der Waals surface area contributed by atoms with Gasteiger partial charge in [0.1, 0.15) is 17.4 Å². The van der Waals surface area contributed by atoms with E-state index in [4.69, 9.17) is 16.0 Å². The first-order valence-corrected chi connectivity index (χ1v) is 9.71. The Morgan fingerprint density at radius 3 is 2.53 bits per heavy atom. The molecule has 0 aliphatic rings. The van der Waals surface area contributed by atoms with E-state index in [0.29, 0.717) is 32.6 Å². The maximum Gasteiger partial charge on any atom is 0.266 e. The van der Waals surface area contributed by atoms with E-state index in [9.17, 15) is 9.59 Å². The van der Waals surface area contributed by atoms with Gasteiger partial charge in [-0.1, -0.05) is 35.9 Å². The lowest BCUT2D eigenvalue weighted by Gasteiger charge is -2.13. The number of halogens is 1. The van der Waals surface area contributed by atoms with Gasteiger partial charge in [-0.05, 0) is 55.0 Å². The molecule has 0 saturated heterocycles. The number of para-hydroxylation sites is 1. The molecule has 0 atom stereocenters. The zero-order chi connectivity index (χ0) is 20.8. The van der Waals surface area contributed by atoms with Crippen LogP contribution in [0.15, 0.2) is 87.0 Å². The molecular formula is C24H15ClN2O3. The molecule has 0 unspecified atom stereocenters. The predicted octanol–water partition coefficient (Wildman–Crippen LogP) is 5.12. The molecule has 3 aromatic carbocycles. The van der Waals surface area contributed by atoms with Crippen LogP contribution in [-0.4, -0.2) is 9.55 Å². The molecule has 0 spiro atoms. The topological polar surface area (TPSA) is 65.1 Å². The molecule has 0 N–H and O–H groups in total. The van der Waals surface area contributed by atoms with E-state index in [1.165, 1.54) is 10.8 Å². The van der Waals surface area contributed by atoms with Crippen molar-refractivity contribution in [1.29, 1.82) is 0 Å². The van der Waals surface area contributed by atoms with Crippen molar-refractivity contribution in [3.05, 3.63) is 104 Å². The Morgan fingerprint density at radius 1 is 0.933 bits per heavy atom. The van der Waals surface area contributed by atoms with Crippen LogP contribution in [0.1, 0.15) is 5.56 Å². The Kier molecular flexibility index (Phi) is 4.26. The Bertz CT molecular complexity index is 1550. The van der Waals surface area contributed by atoms with Crippen LogP contribution in [-0.2, 0) is 0 Å². The molecule has 0 aliphatic heterocycles. The second-order valence-corrected chi connectivity index (χ2v) is 7.49. The van der Waals surface area contributed by atoms with E-state index in [1.54, 1.807) is 42.5 Å². The summed E-state index contributed by atoms with van der Waals surface area (Å²) in [4.78, 5) is 31.4. The van der Waals surface area contributed by atoms with Crippen molar-refractivity contribution in [2.75, 3.05) is 0 Å². The van der Waals surface area contributed by atoms with Crippen molar-refractivity contribution in [1.82, 2.24) is 9.55 Å². The Balaban J connectivity index is 1.92. The molecule has 5 aromatic rings. The molecule has 30 heavy (non-hydrogen) atoms. The fraction of sp³-hybridized carbons (Fsp3) is 0.0417. The highest BCUT2D eigenvalue weighted by atomic mass is 35.5. The lowest BCUT2D eigenvalue weighted by atomic mass is 10.1. The lowest BCUT2D eigenvalue weighted by molar-refractivity contribution is 0.603. The smallest absolute Gasteiger partial charge is 0.266 e. The van der Waals surface area contributed by atoms with Crippen LogP contribution in [0.3, 0.4) is 0 Å². The minimum atomic E-state index is -0.313. The highest BCUT2D eigenvalue weighted by Gasteiger charge is 2.19. The number of nitrogens with zero attached hydrogens (tertiary/aromatic N) is 2. The number of aryl methyl sites for hydroxylation is 1. The highest BCUT2D eigenvalue weighted by molar-refractivity contribution is 6.31. The third kappa shape index (κ3) is 2.91. The van der Waals surface area contributed by atoms with Crippen molar-refractivity contribution in [3.8, 4) is 17.1 Å². The molecule has 146 valence electrons. The van der Waals surface area contributed by atoms with Crippen LogP contribution in [0.4, 0.5) is 0 Å². The molecule has 2 aromatic heterocycles. The summed E-state index contributed by atoms with van der Waals surface area (Å²) in [5.74, 6) is 0.220. The van der Waals surface area contributed by atoms with Crippen LogP contribution in [0, 0.1) is 6.92 Å². The van der Waals surface area contributed by atoms with Gasteiger partial charge in [-0.15, -0.1) is 0 Å². The first-order valence-electron chi connectivity index (χ1n) is 9.33. The second-order valence-electron chi connectivity index (χ2n) is 7.05. The monoisotopic (exact) mass is 414 g/mol. The standard InChI is InChI=1S/C24H15ClN2O3/c1-14-7-9-17-21(11-14)30-13-19(22(17)28)23-26-20-10-8-15(25)12-18(20)24(29)27(23)16-5-3-2-4-6-16/h2-13H,1H3. The van der Waals surface area contributed by atoms with Crippen LogP contribution in [0.5, 0.6) is 0 Å². The zero-order valence-electron chi connectivity index (χ0n) is 15.9. The summed E-state index contributed by atoms with van der Waals surface area (Å²) in [6, 6.07) is 19.4. The molecule has 5 nitrogen and oxygen atoms in total. The first kappa shape index (κ1) is 18.3. The fourth-order valence-electron chi connectivity index (χ4n) is 3.54. The molecule has 0 saturated carbocycles.